The summed E-state index contributed by atoms with van der Waals surface area (Å²) in [5, 5.41) is 11.6. The zero-order chi connectivity index (χ0) is 8.81. The summed E-state index contributed by atoms with van der Waals surface area (Å²) in [5.74, 6) is 0. The third-order valence-corrected chi connectivity index (χ3v) is 2.45. The molecule has 68 valence electrons. The Balaban J connectivity index is 2.32. The molecule has 0 saturated heterocycles. The quantitative estimate of drug-likeness (QED) is 0.641. The minimum atomic E-state index is 0.312. The number of ether oxygens (including phenoxy) is 1. The predicted molar refractivity (Wildman–Crippen MR) is 46.7 cm³/mol. The average Bonchev–Trinajstić information content (AvgIpc) is 2.15. The first-order valence-corrected chi connectivity index (χ1v) is 4.51. The molecular formula is C9H16N2O. The Bertz CT molecular complexity index is 164. The van der Waals surface area contributed by atoms with Crippen LogP contribution in [0.3, 0.4) is 0 Å². The zero-order valence-electron chi connectivity index (χ0n) is 7.55. The highest BCUT2D eigenvalue weighted by Crippen LogP contribution is 2.20. The normalized spacial score (nSPS) is 29.7. The molecule has 0 aromatic heterocycles. The number of nitriles is 1. The van der Waals surface area contributed by atoms with Crippen molar-refractivity contribution < 1.29 is 4.74 Å². The second kappa shape index (κ2) is 5.13. The van der Waals surface area contributed by atoms with Gasteiger partial charge >= 0.3 is 0 Å². The summed E-state index contributed by atoms with van der Waals surface area (Å²) >= 11 is 0. The van der Waals surface area contributed by atoms with Crippen LogP contribution in [0.4, 0.5) is 0 Å². The molecule has 12 heavy (non-hydrogen) atoms. The lowest BCUT2D eigenvalue weighted by atomic mass is 9.92. The van der Waals surface area contributed by atoms with Gasteiger partial charge in [-0.25, -0.2) is 0 Å². The van der Waals surface area contributed by atoms with E-state index in [0.717, 1.165) is 12.8 Å². The fourth-order valence-electron chi connectivity index (χ4n) is 1.79. The Morgan fingerprint density at radius 2 is 2.25 bits per heavy atom. The van der Waals surface area contributed by atoms with E-state index < -0.39 is 0 Å². The van der Waals surface area contributed by atoms with Crippen molar-refractivity contribution in [2.24, 2.45) is 0 Å². The van der Waals surface area contributed by atoms with E-state index in [2.05, 4.69) is 11.4 Å². The Kier molecular flexibility index (Phi) is 4.06. The predicted octanol–water partition coefficient (Wildman–Crippen LogP) is 1.06. The van der Waals surface area contributed by atoms with Crippen LogP contribution in [0.25, 0.3) is 0 Å². The topological polar surface area (TPSA) is 45.0 Å². The van der Waals surface area contributed by atoms with E-state index in [1.54, 1.807) is 7.11 Å². The van der Waals surface area contributed by atoms with E-state index in [0.29, 0.717) is 18.7 Å². The molecule has 1 saturated carbocycles. The van der Waals surface area contributed by atoms with E-state index in [4.69, 9.17) is 10.00 Å². The van der Waals surface area contributed by atoms with Gasteiger partial charge in [-0.15, -0.1) is 0 Å². The number of nitrogens with zero attached hydrogens (tertiary/aromatic N) is 1. The third kappa shape index (κ3) is 2.47. The van der Waals surface area contributed by atoms with Crippen molar-refractivity contribution in [1.82, 2.24) is 5.32 Å². The molecule has 2 atom stereocenters. The molecule has 0 heterocycles. The van der Waals surface area contributed by atoms with Gasteiger partial charge in [0.2, 0.25) is 0 Å². The standard InChI is InChI=1S/C9H16N2O/c1-12-9-5-3-2-4-8(9)11-7-6-10/h8-9,11H,2-5,7H2,1H3. The summed E-state index contributed by atoms with van der Waals surface area (Å²) in [6, 6.07) is 2.49. The SMILES string of the molecule is COC1CCCCC1NCC#N. The number of methoxy groups -OCH3 is 1. The highest BCUT2D eigenvalue weighted by atomic mass is 16.5. The maximum absolute atomic E-state index is 8.40. The number of hydrogen-bond acceptors (Lipinski definition) is 3. The first-order valence-electron chi connectivity index (χ1n) is 4.51. The van der Waals surface area contributed by atoms with Crippen LogP contribution >= 0.6 is 0 Å². The zero-order valence-corrected chi connectivity index (χ0v) is 7.55. The highest BCUT2D eigenvalue weighted by molar-refractivity contribution is 4.85. The van der Waals surface area contributed by atoms with Gasteiger partial charge in [0.05, 0.1) is 18.7 Å². The smallest absolute Gasteiger partial charge is 0.0843 e. The Morgan fingerprint density at radius 1 is 1.50 bits per heavy atom. The van der Waals surface area contributed by atoms with Crippen LogP contribution in [-0.2, 0) is 4.74 Å². The average molecular weight is 168 g/mol. The van der Waals surface area contributed by atoms with Gasteiger partial charge in [-0.1, -0.05) is 12.8 Å². The van der Waals surface area contributed by atoms with Crippen molar-refractivity contribution in [2.75, 3.05) is 13.7 Å². The summed E-state index contributed by atoms with van der Waals surface area (Å²) in [6.45, 7) is 0.435. The molecule has 1 aliphatic carbocycles. The number of hydrogen-bond donors (Lipinski definition) is 1. The van der Waals surface area contributed by atoms with Crippen molar-refractivity contribution in [2.45, 2.75) is 37.8 Å². The van der Waals surface area contributed by atoms with Crippen molar-refractivity contribution in [3.8, 4) is 6.07 Å². The van der Waals surface area contributed by atoms with Gasteiger partial charge in [0.1, 0.15) is 0 Å². The molecule has 0 spiro atoms. The van der Waals surface area contributed by atoms with Crippen molar-refractivity contribution in [1.29, 1.82) is 5.26 Å². The lowest BCUT2D eigenvalue weighted by Crippen LogP contribution is -2.43. The maximum Gasteiger partial charge on any atom is 0.0843 e. The summed E-state index contributed by atoms with van der Waals surface area (Å²) in [7, 11) is 1.75. The second-order valence-electron chi connectivity index (χ2n) is 3.20. The van der Waals surface area contributed by atoms with Gasteiger partial charge < -0.3 is 4.74 Å². The molecule has 2 unspecified atom stereocenters. The van der Waals surface area contributed by atoms with E-state index in [1.165, 1.54) is 12.8 Å². The third-order valence-electron chi connectivity index (χ3n) is 2.45. The van der Waals surface area contributed by atoms with E-state index >= 15 is 0 Å². The summed E-state index contributed by atoms with van der Waals surface area (Å²) in [4.78, 5) is 0. The van der Waals surface area contributed by atoms with Crippen LogP contribution in [0.5, 0.6) is 0 Å². The second-order valence-corrected chi connectivity index (χ2v) is 3.20. The van der Waals surface area contributed by atoms with Crippen molar-refractivity contribution in [3.63, 3.8) is 0 Å². The minimum Gasteiger partial charge on any atom is -0.380 e. The monoisotopic (exact) mass is 168 g/mol. The first-order chi connectivity index (χ1) is 5.88. The van der Waals surface area contributed by atoms with Crippen LogP contribution < -0.4 is 5.32 Å². The fourth-order valence-corrected chi connectivity index (χ4v) is 1.79. The van der Waals surface area contributed by atoms with Gasteiger partial charge in [-0.2, -0.15) is 5.26 Å². The first kappa shape index (κ1) is 9.50. The van der Waals surface area contributed by atoms with Gasteiger partial charge in [0.25, 0.3) is 0 Å². The molecule has 3 nitrogen and oxygen atoms in total. The maximum atomic E-state index is 8.40. The molecule has 1 aliphatic rings. The molecule has 1 rings (SSSR count). The fraction of sp³-hybridized carbons (Fsp3) is 0.889. The molecule has 0 bridgehead atoms. The largest absolute Gasteiger partial charge is 0.380 e. The molecular weight excluding hydrogens is 152 g/mol. The molecule has 0 aromatic carbocycles. The van der Waals surface area contributed by atoms with Crippen molar-refractivity contribution in [3.05, 3.63) is 0 Å². The van der Waals surface area contributed by atoms with Gasteiger partial charge in [-0.05, 0) is 12.8 Å². The van der Waals surface area contributed by atoms with E-state index in [1.807, 2.05) is 0 Å². The Labute approximate surface area is 73.7 Å². The molecule has 0 aliphatic heterocycles. The van der Waals surface area contributed by atoms with Gasteiger partial charge in [-0.3, -0.25) is 5.32 Å². The van der Waals surface area contributed by atoms with Crippen LogP contribution in [-0.4, -0.2) is 25.8 Å². The molecule has 1 fully saturated rings. The van der Waals surface area contributed by atoms with Crippen molar-refractivity contribution >= 4 is 0 Å². The van der Waals surface area contributed by atoms with Gasteiger partial charge in [0.15, 0.2) is 0 Å². The molecule has 0 amide bonds. The summed E-state index contributed by atoms with van der Waals surface area (Å²) < 4.78 is 5.33. The van der Waals surface area contributed by atoms with E-state index in [-0.39, 0.29) is 0 Å². The van der Waals surface area contributed by atoms with Crippen LogP contribution in [0.15, 0.2) is 0 Å². The van der Waals surface area contributed by atoms with Crippen LogP contribution in [0.1, 0.15) is 25.7 Å². The highest BCUT2D eigenvalue weighted by Gasteiger charge is 2.23. The Hall–Kier alpha value is -0.590. The lowest BCUT2D eigenvalue weighted by Gasteiger charge is -2.30. The van der Waals surface area contributed by atoms with Gasteiger partial charge in [0, 0.05) is 13.2 Å². The number of rotatable bonds is 3. The minimum absolute atomic E-state index is 0.312. The summed E-state index contributed by atoms with van der Waals surface area (Å²) in [6.07, 6.45) is 5.08. The molecule has 3 heteroatoms. The molecule has 0 radical (unpaired) electrons. The lowest BCUT2D eigenvalue weighted by molar-refractivity contribution is 0.0433. The van der Waals surface area contributed by atoms with Crippen LogP contribution in [0, 0.1) is 11.3 Å². The van der Waals surface area contributed by atoms with Crippen LogP contribution in [0.2, 0.25) is 0 Å². The summed E-state index contributed by atoms with van der Waals surface area (Å²) in [5.41, 5.74) is 0. The Morgan fingerprint density at radius 3 is 2.92 bits per heavy atom. The number of nitrogens with one attached hydrogen (secondary N) is 1. The molecule has 0 aromatic rings. The van der Waals surface area contributed by atoms with E-state index in [9.17, 15) is 0 Å². The molecule has 1 N–H and O–H groups in total.